The number of amides is 2. The first kappa shape index (κ1) is 22.0. The lowest BCUT2D eigenvalue weighted by Gasteiger charge is -2.32. The van der Waals surface area contributed by atoms with Gasteiger partial charge in [0.2, 0.25) is 5.91 Å². The average Bonchev–Trinajstić information content (AvgIpc) is 3.52. The van der Waals surface area contributed by atoms with Crippen molar-refractivity contribution in [2.75, 3.05) is 23.9 Å². The Morgan fingerprint density at radius 3 is 2.28 bits per heavy atom. The summed E-state index contributed by atoms with van der Waals surface area (Å²) in [6.07, 6.45) is 4.15. The van der Waals surface area contributed by atoms with Crippen molar-refractivity contribution in [2.24, 2.45) is 0 Å². The van der Waals surface area contributed by atoms with Gasteiger partial charge in [-0.15, -0.1) is 5.10 Å². The number of carbonyl (C=O) groups excluding carboxylic acids is 2. The Labute approximate surface area is 192 Å². The first-order valence-corrected chi connectivity index (χ1v) is 11.6. The minimum atomic E-state index is -0.830. The number of para-hydroxylation sites is 1. The van der Waals surface area contributed by atoms with Crippen LogP contribution in [-0.4, -0.2) is 41.5 Å². The lowest BCUT2D eigenvalue weighted by molar-refractivity contribution is -0.123. The number of benzene rings is 2. The van der Waals surface area contributed by atoms with Crippen LogP contribution >= 0.6 is 11.5 Å². The van der Waals surface area contributed by atoms with Crippen molar-refractivity contribution in [3.05, 3.63) is 71.2 Å². The quantitative estimate of drug-likeness (QED) is 0.589. The summed E-state index contributed by atoms with van der Waals surface area (Å²) in [6.45, 7) is 0. The Morgan fingerprint density at radius 2 is 1.69 bits per heavy atom. The van der Waals surface area contributed by atoms with E-state index in [0.29, 0.717) is 5.69 Å². The van der Waals surface area contributed by atoms with E-state index in [1.165, 1.54) is 4.90 Å². The summed E-state index contributed by atoms with van der Waals surface area (Å²) < 4.78 is 3.85. The maximum Gasteiger partial charge on any atom is 0.280 e. The molecule has 7 nitrogen and oxygen atoms in total. The van der Waals surface area contributed by atoms with Crippen molar-refractivity contribution >= 4 is 34.7 Å². The normalized spacial score (nSPS) is 14.7. The van der Waals surface area contributed by atoms with Gasteiger partial charge in [0.05, 0.1) is 0 Å². The molecule has 0 bridgehead atoms. The van der Waals surface area contributed by atoms with E-state index in [9.17, 15) is 9.59 Å². The average molecular weight is 450 g/mol. The van der Waals surface area contributed by atoms with Crippen LogP contribution in [0.1, 0.15) is 47.8 Å². The van der Waals surface area contributed by atoms with Crippen LogP contribution in [0.4, 0.5) is 11.4 Å². The summed E-state index contributed by atoms with van der Waals surface area (Å²) in [5.74, 6) is -0.539. The van der Waals surface area contributed by atoms with E-state index >= 15 is 0 Å². The molecule has 1 aromatic heterocycles. The van der Waals surface area contributed by atoms with E-state index in [4.69, 9.17) is 0 Å². The molecule has 166 valence electrons. The van der Waals surface area contributed by atoms with E-state index < -0.39 is 6.04 Å². The molecule has 3 aromatic rings. The molecule has 2 aromatic carbocycles. The molecule has 1 heterocycles. The maximum atomic E-state index is 13.7. The van der Waals surface area contributed by atoms with Gasteiger partial charge < -0.3 is 10.2 Å². The van der Waals surface area contributed by atoms with Gasteiger partial charge in [0.15, 0.2) is 5.69 Å². The molecule has 1 atom stereocenters. The molecule has 0 aliphatic heterocycles. The van der Waals surface area contributed by atoms with Crippen LogP contribution in [0.15, 0.2) is 60.0 Å². The summed E-state index contributed by atoms with van der Waals surface area (Å²) in [5.41, 5.74) is 2.62. The standard InChI is InChI=1S/C24H27N5O2S/c1-28(2)19-14-12-17(13-15-19)22(23(30)25-18-8-6-7-9-18)29(20-10-4-3-5-11-20)24(31)21-16-32-27-26-21/h3-5,10-16,18,22H,6-9H2,1-2H3,(H,25,30)/t22-/m1/s1. The summed E-state index contributed by atoms with van der Waals surface area (Å²) in [4.78, 5) is 30.8. The van der Waals surface area contributed by atoms with Crippen molar-refractivity contribution in [3.8, 4) is 0 Å². The highest BCUT2D eigenvalue weighted by Crippen LogP contribution is 2.31. The number of carbonyl (C=O) groups is 2. The fourth-order valence-electron chi connectivity index (χ4n) is 4.08. The predicted molar refractivity (Wildman–Crippen MR) is 127 cm³/mol. The number of nitrogens with one attached hydrogen (secondary N) is 1. The fourth-order valence-corrected chi connectivity index (χ4v) is 4.51. The van der Waals surface area contributed by atoms with Crippen molar-refractivity contribution in [3.63, 3.8) is 0 Å². The molecule has 1 N–H and O–H groups in total. The van der Waals surface area contributed by atoms with Crippen LogP contribution < -0.4 is 15.1 Å². The van der Waals surface area contributed by atoms with E-state index in [2.05, 4.69) is 14.9 Å². The summed E-state index contributed by atoms with van der Waals surface area (Å²) in [6, 6.07) is 16.3. The Kier molecular flexibility index (Phi) is 6.80. The van der Waals surface area contributed by atoms with Gasteiger partial charge in [0.25, 0.3) is 5.91 Å². The SMILES string of the molecule is CN(C)c1ccc([C@H](C(=O)NC2CCCC2)N(C(=O)c2csnn2)c2ccccc2)cc1. The second kappa shape index (κ2) is 9.91. The minimum absolute atomic E-state index is 0.139. The first-order valence-electron chi connectivity index (χ1n) is 10.8. The van der Waals surface area contributed by atoms with E-state index in [-0.39, 0.29) is 23.6 Å². The van der Waals surface area contributed by atoms with Crippen LogP contribution in [0.25, 0.3) is 0 Å². The van der Waals surface area contributed by atoms with Crippen LogP contribution in [-0.2, 0) is 4.79 Å². The zero-order valence-electron chi connectivity index (χ0n) is 18.3. The van der Waals surface area contributed by atoms with Gasteiger partial charge >= 0.3 is 0 Å². The van der Waals surface area contributed by atoms with Gasteiger partial charge in [-0.25, -0.2) is 0 Å². The van der Waals surface area contributed by atoms with Crippen molar-refractivity contribution in [1.82, 2.24) is 14.9 Å². The number of anilines is 2. The highest BCUT2D eigenvalue weighted by Gasteiger charge is 2.35. The highest BCUT2D eigenvalue weighted by atomic mass is 32.1. The second-order valence-corrected chi connectivity index (χ2v) is 8.79. The predicted octanol–water partition coefficient (Wildman–Crippen LogP) is 4.05. The topological polar surface area (TPSA) is 78.4 Å². The first-order chi connectivity index (χ1) is 15.5. The van der Waals surface area contributed by atoms with E-state index in [0.717, 1.165) is 48.5 Å². The van der Waals surface area contributed by atoms with E-state index in [1.807, 2.05) is 73.6 Å². The fraction of sp³-hybridized carbons (Fsp3) is 0.333. The Hall–Kier alpha value is -3.26. The molecular formula is C24H27N5O2S. The number of hydrogen-bond donors (Lipinski definition) is 1. The summed E-state index contributed by atoms with van der Waals surface area (Å²) >= 11 is 1.11. The highest BCUT2D eigenvalue weighted by molar-refractivity contribution is 7.03. The molecule has 1 fully saturated rings. The third-order valence-corrected chi connectivity index (χ3v) is 6.27. The molecule has 0 radical (unpaired) electrons. The van der Waals surface area contributed by atoms with Crippen LogP contribution in [0.3, 0.4) is 0 Å². The van der Waals surface area contributed by atoms with Gasteiger partial charge in [0, 0.05) is 36.9 Å². The number of rotatable bonds is 7. The van der Waals surface area contributed by atoms with Crippen LogP contribution in [0.2, 0.25) is 0 Å². The second-order valence-electron chi connectivity index (χ2n) is 8.18. The molecule has 1 aliphatic rings. The molecular weight excluding hydrogens is 422 g/mol. The zero-order valence-corrected chi connectivity index (χ0v) is 19.1. The zero-order chi connectivity index (χ0) is 22.5. The van der Waals surface area contributed by atoms with Crippen molar-refractivity contribution < 1.29 is 9.59 Å². The lowest BCUT2D eigenvalue weighted by Crippen LogP contribution is -2.46. The van der Waals surface area contributed by atoms with Gasteiger partial charge in [0.1, 0.15) is 6.04 Å². The van der Waals surface area contributed by atoms with Crippen LogP contribution in [0.5, 0.6) is 0 Å². The Morgan fingerprint density at radius 1 is 1.00 bits per heavy atom. The monoisotopic (exact) mass is 449 g/mol. The van der Waals surface area contributed by atoms with Gasteiger partial charge in [-0.2, -0.15) is 0 Å². The van der Waals surface area contributed by atoms with Gasteiger partial charge in [-0.05, 0) is 54.2 Å². The molecule has 0 spiro atoms. The van der Waals surface area contributed by atoms with Gasteiger partial charge in [-0.3, -0.25) is 14.5 Å². The lowest BCUT2D eigenvalue weighted by atomic mass is 10.0. The summed E-state index contributed by atoms with van der Waals surface area (Å²) in [5, 5.41) is 8.78. The molecule has 2 amide bonds. The molecule has 0 saturated heterocycles. The number of hydrogen-bond acceptors (Lipinski definition) is 6. The largest absolute Gasteiger partial charge is 0.378 e. The smallest absolute Gasteiger partial charge is 0.280 e. The van der Waals surface area contributed by atoms with E-state index in [1.54, 1.807) is 5.38 Å². The minimum Gasteiger partial charge on any atom is -0.378 e. The Bertz CT molecular complexity index is 1030. The molecule has 1 aliphatic carbocycles. The molecule has 1 saturated carbocycles. The third-order valence-electron chi connectivity index (χ3n) is 5.77. The van der Waals surface area contributed by atoms with Crippen molar-refractivity contribution in [1.29, 1.82) is 0 Å². The van der Waals surface area contributed by atoms with Crippen molar-refractivity contribution in [2.45, 2.75) is 37.8 Å². The third kappa shape index (κ3) is 4.80. The molecule has 0 unspecified atom stereocenters. The number of aromatic nitrogens is 2. The van der Waals surface area contributed by atoms with Gasteiger partial charge in [-0.1, -0.05) is 47.7 Å². The number of nitrogens with zero attached hydrogens (tertiary/aromatic N) is 4. The summed E-state index contributed by atoms with van der Waals surface area (Å²) in [7, 11) is 3.93. The molecule has 32 heavy (non-hydrogen) atoms. The molecule has 4 rings (SSSR count). The maximum absolute atomic E-state index is 13.7. The Balaban J connectivity index is 1.78. The molecule has 8 heteroatoms. The van der Waals surface area contributed by atoms with Crippen LogP contribution in [0, 0.1) is 0 Å².